The number of benzene rings is 2. The lowest BCUT2D eigenvalue weighted by molar-refractivity contribution is 0.602. The second-order valence-corrected chi connectivity index (χ2v) is 6.94. The summed E-state index contributed by atoms with van der Waals surface area (Å²) >= 11 is 0. The Balaban J connectivity index is 0.000000162. The summed E-state index contributed by atoms with van der Waals surface area (Å²) in [5, 5.41) is 9.80. The van der Waals surface area contributed by atoms with Gasteiger partial charge in [0.05, 0.1) is 16.5 Å². The number of rotatable bonds is 1. The lowest BCUT2D eigenvalue weighted by atomic mass is 10.1. The predicted octanol–water partition coefficient (Wildman–Crippen LogP) is 3.44. The van der Waals surface area contributed by atoms with Crippen LogP contribution in [0.15, 0.2) is 59.6 Å². The predicted molar refractivity (Wildman–Crippen MR) is 87.3 cm³/mol. The van der Waals surface area contributed by atoms with Crippen molar-refractivity contribution in [2.24, 2.45) is 0 Å². The third-order valence-electron chi connectivity index (χ3n) is 3.20. The Morgan fingerprint density at radius 3 is 2.45 bits per heavy atom. The van der Waals surface area contributed by atoms with Crippen LogP contribution in [0, 0.1) is 18.3 Å². The number of nitriles is 1. The molecule has 5 heteroatoms. The molecule has 1 N–H and O–H groups in total. The highest BCUT2D eigenvalue weighted by atomic mass is 32.2. The molecular formula is C17H16N2O2S. The summed E-state index contributed by atoms with van der Waals surface area (Å²) in [5.74, 6) is 0. The first kappa shape index (κ1) is 15.8. The fraction of sp³-hybridized carbons (Fsp3) is 0.118. The van der Waals surface area contributed by atoms with E-state index in [4.69, 9.17) is 5.26 Å². The Bertz CT molecular complexity index is 934. The number of hydrogen-bond donors (Lipinski definition) is 1. The maximum atomic E-state index is 11.0. The minimum atomic E-state index is -3.19. The van der Waals surface area contributed by atoms with E-state index in [0.717, 1.165) is 6.26 Å². The van der Waals surface area contributed by atoms with Gasteiger partial charge in [0.15, 0.2) is 9.84 Å². The van der Waals surface area contributed by atoms with Gasteiger partial charge in [0.1, 0.15) is 0 Å². The summed E-state index contributed by atoms with van der Waals surface area (Å²) in [6.07, 6.45) is 3.08. The lowest BCUT2D eigenvalue weighted by Gasteiger charge is -1.96. The monoisotopic (exact) mass is 312 g/mol. The topological polar surface area (TPSA) is 73.7 Å². The van der Waals surface area contributed by atoms with Crippen LogP contribution in [0.4, 0.5) is 0 Å². The van der Waals surface area contributed by atoms with Gasteiger partial charge in [-0.3, -0.25) is 0 Å². The second-order valence-electron chi connectivity index (χ2n) is 4.93. The highest BCUT2D eigenvalue weighted by Crippen LogP contribution is 2.15. The van der Waals surface area contributed by atoms with Crippen LogP contribution in [0.5, 0.6) is 0 Å². The summed E-state index contributed by atoms with van der Waals surface area (Å²) in [6, 6.07) is 16.2. The quantitative estimate of drug-likeness (QED) is 0.748. The zero-order valence-electron chi connectivity index (χ0n) is 12.4. The number of nitrogens with zero attached hydrogens (tertiary/aromatic N) is 1. The number of aromatic amines is 1. The largest absolute Gasteiger partial charge is 0.361 e. The van der Waals surface area contributed by atoms with Gasteiger partial charge in [-0.1, -0.05) is 18.2 Å². The van der Waals surface area contributed by atoms with Gasteiger partial charge >= 0.3 is 0 Å². The minimum absolute atomic E-state index is 0.182. The van der Waals surface area contributed by atoms with Crippen molar-refractivity contribution in [3.63, 3.8) is 0 Å². The van der Waals surface area contributed by atoms with Crippen molar-refractivity contribution in [1.82, 2.24) is 4.98 Å². The van der Waals surface area contributed by atoms with E-state index in [9.17, 15) is 8.42 Å². The molecule has 0 fully saturated rings. The molecule has 0 saturated carbocycles. The Labute approximate surface area is 129 Å². The van der Waals surface area contributed by atoms with Gasteiger partial charge in [-0.2, -0.15) is 5.26 Å². The van der Waals surface area contributed by atoms with Crippen LogP contribution in [0.3, 0.4) is 0 Å². The molecule has 0 unspecified atom stereocenters. The summed E-state index contributed by atoms with van der Waals surface area (Å²) in [6.45, 7) is 2.12. The molecule has 3 rings (SSSR count). The van der Waals surface area contributed by atoms with E-state index >= 15 is 0 Å². The van der Waals surface area contributed by atoms with E-state index in [1.54, 1.807) is 12.1 Å². The van der Waals surface area contributed by atoms with Crippen LogP contribution in [0.1, 0.15) is 11.1 Å². The summed E-state index contributed by atoms with van der Waals surface area (Å²) in [4.78, 5) is 3.34. The van der Waals surface area contributed by atoms with Crippen LogP contribution in [0.2, 0.25) is 0 Å². The fourth-order valence-electron chi connectivity index (χ4n) is 2.04. The normalized spacial score (nSPS) is 10.6. The van der Waals surface area contributed by atoms with Gasteiger partial charge < -0.3 is 4.98 Å². The van der Waals surface area contributed by atoms with Crippen molar-refractivity contribution in [1.29, 1.82) is 5.26 Å². The number of fused-ring (bicyclic) bond motifs is 1. The smallest absolute Gasteiger partial charge is 0.175 e. The van der Waals surface area contributed by atoms with Crippen molar-refractivity contribution >= 4 is 20.7 Å². The zero-order valence-corrected chi connectivity index (χ0v) is 13.2. The van der Waals surface area contributed by atoms with Crippen LogP contribution in [-0.2, 0) is 9.84 Å². The van der Waals surface area contributed by atoms with Gasteiger partial charge in [0, 0.05) is 23.4 Å². The number of aromatic nitrogens is 1. The number of nitrogens with one attached hydrogen (secondary N) is 1. The Hall–Kier alpha value is -2.58. The molecule has 0 atom stereocenters. The first-order valence-corrected chi connectivity index (χ1v) is 8.54. The molecule has 1 aromatic heterocycles. The molecule has 112 valence electrons. The third-order valence-corrected chi connectivity index (χ3v) is 4.31. The molecule has 3 aromatic rings. The average molecular weight is 312 g/mol. The Morgan fingerprint density at radius 2 is 1.82 bits per heavy atom. The Kier molecular flexibility index (Phi) is 4.64. The highest BCUT2D eigenvalue weighted by Gasteiger charge is 2.06. The van der Waals surface area contributed by atoms with Crippen molar-refractivity contribution in [3.8, 4) is 6.07 Å². The van der Waals surface area contributed by atoms with Crippen LogP contribution in [0.25, 0.3) is 10.9 Å². The Morgan fingerprint density at radius 1 is 1.09 bits per heavy atom. The summed E-state index contributed by atoms with van der Waals surface area (Å²) in [7, 11) is -3.19. The van der Waals surface area contributed by atoms with Crippen LogP contribution >= 0.6 is 0 Å². The van der Waals surface area contributed by atoms with Gasteiger partial charge in [-0.15, -0.1) is 0 Å². The van der Waals surface area contributed by atoms with Gasteiger partial charge in [0.2, 0.25) is 0 Å². The molecule has 2 aromatic carbocycles. The van der Waals surface area contributed by atoms with E-state index < -0.39 is 9.84 Å². The van der Waals surface area contributed by atoms with Crippen molar-refractivity contribution in [2.45, 2.75) is 11.8 Å². The number of aryl methyl sites for hydroxylation is 1. The molecule has 1 heterocycles. The fourth-order valence-corrected chi connectivity index (χ4v) is 2.71. The molecule has 0 aliphatic rings. The van der Waals surface area contributed by atoms with E-state index in [0.29, 0.717) is 5.56 Å². The van der Waals surface area contributed by atoms with Crippen LogP contribution < -0.4 is 0 Å². The second kappa shape index (κ2) is 6.46. The first-order chi connectivity index (χ1) is 10.4. The average Bonchev–Trinajstić information content (AvgIpc) is 2.97. The molecule has 0 radical (unpaired) electrons. The molecule has 22 heavy (non-hydrogen) atoms. The minimum Gasteiger partial charge on any atom is -0.361 e. The van der Waals surface area contributed by atoms with Crippen LogP contribution in [-0.4, -0.2) is 19.7 Å². The first-order valence-electron chi connectivity index (χ1n) is 6.65. The lowest BCUT2D eigenvalue weighted by Crippen LogP contribution is -1.96. The van der Waals surface area contributed by atoms with Crippen molar-refractivity contribution < 1.29 is 8.42 Å². The number of hydrogen-bond acceptors (Lipinski definition) is 3. The molecule has 0 aliphatic heterocycles. The number of sulfone groups is 1. The molecule has 0 aliphatic carbocycles. The summed E-state index contributed by atoms with van der Waals surface area (Å²) in [5.41, 5.74) is 2.91. The van der Waals surface area contributed by atoms with E-state index in [-0.39, 0.29) is 4.90 Å². The van der Waals surface area contributed by atoms with E-state index in [1.807, 2.05) is 12.3 Å². The highest BCUT2D eigenvalue weighted by molar-refractivity contribution is 7.90. The zero-order chi connectivity index (χ0) is 16.2. The molecule has 0 bridgehead atoms. The molecule has 0 amide bonds. The maximum absolute atomic E-state index is 11.0. The van der Waals surface area contributed by atoms with Gasteiger partial charge in [-0.25, -0.2) is 8.42 Å². The molecule has 0 spiro atoms. The standard InChI is InChI=1S/C9H9N.C8H7NO2S/c1-7-3-2-4-9-8(7)5-6-10-9;1-12(10,11)8-4-2-3-7(5-8)6-9/h2-6,10H,1H3;2-5H,1H3. The van der Waals surface area contributed by atoms with Gasteiger partial charge in [0.25, 0.3) is 0 Å². The SMILES string of the molecule is CS(=O)(=O)c1cccc(C#N)c1.Cc1cccc2[nH]ccc12. The van der Waals surface area contributed by atoms with E-state index in [2.05, 4.69) is 36.2 Å². The van der Waals surface area contributed by atoms with E-state index in [1.165, 1.54) is 28.6 Å². The van der Waals surface area contributed by atoms with Crippen molar-refractivity contribution in [2.75, 3.05) is 6.26 Å². The van der Waals surface area contributed by atoms with Crippen molar-refractivity contribution in [3.05, 3.63) is 65.9 Å². The number of H-pyrrole nitrogens is 1. The molecule has 4 nitrogen and oxygen atoms in total. The molecule has 0 saturated heterocycles. The van der Waals surface area contributed by atoms with Gasteiger partial charge in [-0.05, 0) is 42.8 Å². The maximum Gasteiger partial charge on any atom is 0.175 e. The third kappa shape index (κ3) is 3.74. The molecular weight excluding hydrogens is 296 g/mol. The summed E-state index contributed by atoms with van der Waals surface area (Å²) < 4.78 is 22.0.